The van der Waals surface area contributed by atoms with E-state index in [0.29, 0.717) is 35.7 Å². The smallest absolute Gasteiger partial charge is 0.228 e. The van der Waals surface area contributed by atoms with Gasteiger partial charge in [0.05, 0.1) is 11.7 Å². The van der Waals surface area contributed by atoms with Gasteiger partial charge in [0.15, 0.2) is 0 Å². The Morgan fingerprint density at radius 1 is 1.25 bits per heavy atom. The molecule has 0 spiro atoms. The van der Waals surface area contributed by atoms with E-state index in [-0.39, 0.29) is 18.2 Å². The number of carbonyl (C=O) groups excluding carboxylic acids is 1. The van der Waals surface area contributed by atoms with E-state index in [0.717, 1.165) is 5.56 Å². The molecular formula is C20H22ClFN2O3S. The van der Waals surface area contributed by atoms with Gasteiger partial charge in [-0.1, -0.05) is 29.8 Å². The average molecular weight is 425 g/mol. The van der Waals surface area contributed by atoms with Crippen LogP contribution in [-0.4, -0.2) is 31.7 Å². The Labute approximate surface area is 169 Å². The number of rotatable bonds is 5. The van der Waals surface area contributed by atoms with Crippen molar-refractivity contribution in [3.05, 3.63) is 64.4 Å². The molecule has 2 aromatic carbocycles. The molecule has 0 aromatic heterocycles. The molecule has 3 rings (SSSR count). The van der Waals surface area contributed by atoms with E-state index in [4.69, 9.17) is 11.6 Å². The highest BCUT2D eigenvalue weighted by atomic mass is 35.5. The zero-order chi connectivity index (χ0) is 20.3. The monoisotopic (exact) mass is 424 g/mol. The Morgan fingerprint density at radius 2 is 1.96 bits per heavy atom. The van der Waals surface area contributed by atoms with Gasteiger partial charge in [0.2, 0.25) is 15.9 Å². The van der Waals surface area contributed by atoms with Crippen molar-refractivity contribution in [2.45, 2.75) is 25.5 Å². The number of nitrogens with one attached hydrogen (secondary N) is 1. The number of aryl methyl sites for hydroxylation is 1. The predicted octanol–water partition coefficient (Wildman–Crippen LogP) is 3.97. The quantitative estimate of drug-likeness (QED) is 0.789. The number of amides is 1. The molecule has 1 amide bonds. The van der Waals surface area contributed by atoms with Crippen LogP contribution in [0, 0.1) is 18.7 Å². The Bertz CT molecular complexity index is 964. The van der Waals surface area contributed by atoms with E-state index in [9.17, 15) is 17.6 Å². The Kier molecular flexibility index (Phi) is 6.37. The summed E-state index contributed by atoms with van der Waals surface area (Å²) >= 11 is 6.09. The van der Waals surface area contributed by atoms with Crippen LogP contribution in [0.15, 0.2) is 42.5 Å². The first-order valence-electron chi connectivity index (χ1n) is 9.04. The van der Waals surface area contributed by atoms with Gasteiger partial charge in [0.25, 0.3) is 0 Å². The molecule has 1 atom stereocenters. The summed E-state index contributed by atoms with van der Waals surface area (Å²) in [6.45, 7) is 2.39. The second kappa shape index (κ2) is 8.59. The second-order valence-corrected chi connectivity index (χ2v) is 9.41. The molecule has 8 heteroatoms. The number of nitrogens with zero attached hydrogens (tertiary/aromatic N) is 1. The summed E-state index contributed by atoms with van der Waals surface area (Å²) in [5, 5.41) is 3.38. The van der Waals surface area contributed by atoms with Gasteiger partial charge in [-0.3, -0.25) is 4.79 Å². The van der Waals surface area contributed by atoms with Crippen LogP contribution in [0.25, 0.3) is 0 Å². The number of benzene rings is 2. The normalized spacial score (nSPS) is 18.0. The van der Waals surface area contributed by atoms with Crippen LogP contribution in [0.5, 0.6) is 0 Å². The minimum absolute atomic E-state index is 0.134. The topological polar surface area (TPSA) is 66.5 Å². The zero-order valence-corrected chi connectivity index (χ0v) is 17.1. The fourth-order valence-corrected chi connectivity index (χ4v) is 5.00. The minimum Gasteiger partial charge on any atom is -0.326 e. The largest absolute Gasteiger partial charge is 0.326 e. The molecule has 0 radical (unpaired) electrons. The number of sulfonamides is 1. The highest BCUT2D eigenvalue weighted by molar-refractivity contribution is 7.88. The van der Waals surface area contributed by atoms with Crippen LogP contribution in [0.1, 0.15) is 24.0 Å². The molecule has 1 saturated heterocycles. The standard InChI is InChI=1S/C20H22ClFN2O3S/c1-14-4-9-18(11-19(14)21)23-20(25)16-3-2-10-24(12-16)28(26,27)13-15-5-7-17(22)8-6-15/h4-9,11,16H,2-3,10,12-13H2,1H3,(H,23,25)/t16-/m1/s1. The number of piperidine rings is 1. The van der Waals surface area contributed by atoms with Crippen molar-refractivity contribution in [1.29, 1.82) is 0 Å². The molecule has 1 fully saturated rings. The van der Waals surface area contributed by atoms with Crippen molar-refractivity contribution in [3.8, 4) is 0 Å². The maximum Gasteiger partial charge on any atom is 0.228 e. The van der Waals surface area contributed by atoms with E-state index in [1.54, 1.807) is 12.1 Å². The average Bonchev–Trinajstić information content (AvgIpc) is 2.66. The van der Waals surface area contributed by atoms with Gasteiger partial charge >= 0.3 is 0 Å². The van der Waals surface area contributed by atoms with E-state index in [1.165, 1.54) is 28.6 Å². The molecule has 0 saturated carbocycles. The summed E-state index contributed by atoms with van der Waals surface area (Å²) in [6, 6.07) is 10.7. The van der Waals surface area contributed by atoms with Gasteiger partial charge in [0, 0.05) is 23.8 Å². The van der Waals surface area contributed by atoms with Crippen LogP contribution >= 0.6 is 11.6 Å². The first kappa shape index (κ1) is 20.8. The Balaban J connectivity index is 1.66. The van der Waals surface area contributed by atoms with Gasteiger partial charge in [-0.2, -0.15) is 0 Å². The summed E-state index contributed by atoms with van der Waals surface area (Å²) in [5.74, 6) is -1.28. The van der Waals surface area contributed by atoms with Gasteiger partial charge in [-0.05, 0) is 55.2 Å². The molecule has 0 unspecified atom stereocenters. The van der Waals surface area contributed by atoms with Crippen LogP contribution in [0.2, 0.25) is 5.02 Å². The summed E-state index contributed by atoms with van der Waals surface area (Å²) in [4.78, 5) is 12.6. The van der Waals surface area contributed by atoms with Crippen molar-refractivity contribution in [2.75, 3.05) is 18.4 Å². The van der Waals surface area contributed by atoms with E-state index in [1.807, 2.05) is 13.0 Å². The predicted molar refractivity (Wildman–Crippen MR) is 108 cm³/mol. The number of halogens is 2. The van der Waals surface area contributed by atoms with Crippen LogP contribution in [0.4, 0.5) is 10.1 Å². The van der Waals surface area contributed by atoms with Crippen molar-refractivity contribution in [1.82, 2.24) is 4.31 Å². The van der Waals surface area contributed by atoms with Crippen molar-refractivity contribution < 1.29 is 17.6 Å². The summed E-state index contributed by atoms with van der Waals surface area (Å²) in [6.07, 6.45) is 1.23. The molecule has 28 heavy (non-hydrogen) atoms. The molecule has 0 bridgehead atoms. The van der Waals surface area contributed by atoms with Crippen LogP contribution < -0.4 is 5.32 Å². The summed E-state index contributed by atoms with van der Waals surface area (Å²) < 4.78 is 39.8. The lowest BCUT2D eigenvalue weighted by Crippen LogP contribution is -2.44. The van der Waals surface area contributed by atoms with Crippen LogP contribution in [0.3, 0.4) is 0 Å². The van der Waals surface area contributed by atoms with Crippen molar-refractivity contribution in [3.63, 3.8) is 0 Å². The lowest BCUT2D eigenvalue weighted by atomic mass is 9.98. The first-order chi connectivity index (χ1) is 13.2. The molecule has 1 heterocycles. The van der Waals surface area contributed by atoms with E-state index in [2.05, 4.69) is 5.32 Å². The highest BCUT2D eigenvalue weighted by Crippen LogP contribution is 2.24. The minimum atomic E-state index is -3.59. The van der Waals surface area contributed by atoms with E-state index >= 15 is 0 Å². The van der Waals surface area contributed by atoms with Gasteiger partial charge < -0.3 is 5.32 Å². The summed E-state index contributed by atoms with van der Waals surface area (Å²) in [5.41, 5.74) is 2.02. The highest BCUT2D eigenvalue weighted by Gasteiger charge is 2.32. The third-order valence-corrected chi connectivity index (χ3v) is 7.07. The lowest BCUT2D eigenvalue weighted by molar-refractivity contribution is -0.120. The fraction of sp³-hybridized carbons (Fsp3) is 0.350. The first-order valence-corrected chi connectivity index (χ1v) is 11.0. The molecule has 5 nitrogen and oxygen atoms in total. The number of carbonyl (C=O) groups is 1. The maximum atomic E-state index is 13.0. The number of hydrogen-bond donors (Lipinski definition) is 1. The molecule has 2 aromatic rings. The van der Waals surface area contributed by atoms with Crippen molar-refractivity contribution >= 4 is 33.2 Å². The molecule has 1 N–H and O–H groups in total. The van der Waals surface area contributed by atoms with Gasteiger partial charge in [-0.15, -0.1) is 0 Å². The van der Waals surface area contributed by atoms with Crippen LogP contribution in [-0.2, 0) is 20.6 Å². The Hall–Kier alpha value is -1.96. The molecule has 1 aliphatic heterocycles. The third kappa shape index (κ3) is 5.10. The number of anilines is 1. The van der Waals surface area contributed by atoms with E-state index < -0.39 is 21.8 Å². The van der Waals surface area contributed by atoms with Gasteiger partial charge in [-0.25, -0.2) is 17.1 Å². The summed E-state index contributed by atoms with van der Waals surface area (Å²) in [7, 11) is -3.59. The third-order valence-electron chi connectivity index (χ3n) is 4.85. The molecule has 1 aliphatic rings. The Morgan fingerprint density at radius 3 is 2.64 bits per heavy atom. The second-order valence-electron chi connectivity index (χ2n) is 7.03. The van der Waals surface area contributed by atoms with Crippen molar-refractivity contribution in [2.24, 2.45) is 5.92 Å². The number of hydrogen-bond acceptors (Lipinski definition) is 3. The molecule has 0 aliphatic carbocycles. The fourth-order valence-electron chi connectivity index (χ4n) is 3.21. The van der Waals surface area contributed by atoms with Gasteiger partial charge in [0.1, 0.15) is 5.82 Å². The maximum absolute atomic E-state index is 13.0. The SMILES string of the molecule is Cc1ccc(NC(=O)[C@@H]2CCCN(S(=O)(=O)Cc3ccc(F)cc3)C2)cc1Cl. The zero-order valence-electron chi connectivity index (χ0n) is 15.5. The lowest BCUT2D eigenvalue weighted by Gasteiger charge is -2.31. The molecular weight excluding hydrogens is 403 g/mol. The molecule has 150 valence electrons.